The van der Waals surface area contributed by atoms with E-state index in [-0.39, 0.29) is 17.7 Å². The predicted octanol–water partition coefficient (Wildman–Crippen LogP) is 0.0190. The van der Waals surface area contributed by atoms with Crippen molar-refractivity contribution in [2.24, 2.45) is 0 Å². The fraction of sp³-hybridized carbons (Fsp3) is 0.750. The minimum atomic E-state index is -3.51. The number of nitrogens with zero attached hydrogens (tertiary/aromatic N) is 1. The van der Waals surface area contributed by atoms with Gasteiger partial charge in [-0.15, -0.1) is 0 Å². The van der Waals surface area contributed by atoms with E-state index < -0.39 is 10.0 Å². The van der Waals surface area contributed by atoms with Crippen LogP contribution < -0.4 is 10.0 Å². The van der Waals surface area contributed by atoms with Crippen LogP contribution in [-0.2, 0) is 21.2 Å². The van der Waals surface area contributed by atoms with E-state index in [1.807, 2.05) is 6.92 Å². The number of aromatic amines is 1. The van der Waals surface area contributed by atoms with E-state index >= 15 is 0 Å². The number of hydrogen-bond donors (Lipinski definition) is 3. The number of rotatable bonds is 7. The maximum Gasteiger partial charge on any atom is 0.257 e. The van der Waals surface area contributed by atoms with Crippen molar-refractivity contribution in [2.45, 2.75) is 37.3 Å². The van der Waals surface area contributed by atoms with Gasteiger partial charge in [-0.1, -0.05) is 6.92 Å². The van der Waals surface area contributed by atoms with Crippen molar-refractivity contribution in [1.29, 1.82) is 0 Å². The number of nitrogens with one attached hydrogen (secondary N) is 3. The highest BCUT2D eigenvalue weighted by atomic mass is 32.2. The van der Waals surface area contributed by atoms with Gasteiger partial charge in [0.2, 0.25) is 0 Å². The summed E-state index contributed by atoms with van der Waals surface area (Å²) in [5.41, 5.74) is 0. The van der Waals surface area contributed by atoms with Gasteiger partial charge in [0.05, 0.1) is 18.9 Å². The van der Waals surface area contributed by atoms with Gasteiger partial charge in [-0.05, 0) is 25.9 Å². The van der Waals surface area contributed by atoms with Gasteiger partial charge < -0.3 is 15.0 Å². The Hall–Kier alpha value is -0.960. The van der Waals surface area contributed by atoms with Crippen LogP contribution in [0.1, 0.15) is 25.6 Å². The quantitative estimate of drug-likeness (QED) is 0.617. The molecule has 0 amide bonds. The van der Waals surface area contributed by atoms with Gasteiger partial charge in [0.25, 0.3) is 10.0 Å². The standard InChI is InChI=1S/C12H22N4O3S/c1-2-11-14-9-12(16-11)20(17,18)15-7-8-19-10-3-5-13-6-4-10/h9-10,13,15H,2-8H2,1H3,(H,14,16). The fourth-order valence-corrected chi connectivity index (χ4v) is 3.05. The smallest absolute Gasteiger partial charge is 0.257 e. The number of sulfonamides is 1. The molecule has 2 rings (SSSR count). The third-order valence-electron chi connectivity index (χ3n) is 3.26. The number of ether oxygens (including phenoxy) is 1. The molecule has 7 nitrogen and oxygen atoms in total. The zero-order valence-electron chi connectivity index (χ0n) is 11.7. The molecule has 0 atom stereocenters. The summed E-state index contributed by atoms with van der Waals surface area (Å²) in [4.78, 5) is 6.77. The van der Waals surface area contributed by atoms with Gasteiger partial charge in [0, 0.05) is 13.0 Å². The molecule has 0 aliphatic carbocycles. The SMILES string of the molecule is CCc1ncc(S(=O)(=O)NCCOC2CCNCC2)[nH]1. The fourth-order valence-electron chi connectivity index (χ4n) is 2.10. The molecular formula is C12H22N4O3S. The molecule has 8 heteroatoms. The summed E-state index contributed by atoms with van der Waals surface area (Å²) < 4.78 is 32.1. The van der Waals surface area contributed by atoms with E-state index in [4.69, 9.17) is 4.74 Å². The number of hydrogen-bond acceptors (Lipinski definition) is 5. The molecule has 20 heavy (non-hydrogen) atoms. The lowest BCUT2D eigenvalue weighted by atomic mass is 10.1. The summed E-state index contributed by atoms with van der Waals surface area (Å²) in [6.45, 7) is 4.50. The van der Waals surface area contributed by atoms with Gasteiger partial charge in [0.15, 0.2) is 5.03 Å². The zero-order chi connectivity index (χ0) is 14.4. The number of imidazole rings is 1. The van der Waals surface area contributed by atoms with Gasteiger partial charge in [-0.25, -0.2) is 18.1 Å². The van der Waals surface area contributed by atoms with Crippen molar-refractivity contribution in [1.82, 2.24) is 20.0 Å². The lowest BCUT2D eigenvalue weighted by Crippen LogP contribution is -2.34. The van der Waals surface area contributed by atoms with Gasteiger partial charge >= 0.3 is 0 Å². The third kappa shape index (κ3) is 4.27. The Labute approximate surface area is 119 Å². The van der Waals surface area contributed by atoms with Gasteiger partial charge in [0.1, 0.15) is 5.82 Å². The normalized spacial score (nSPS) is 17.4. The lowest BCUT2D eigenvalue weighted by molar-refractivity contribution is 0.0366. The van der Waals surface area contributed by atoms with Crippen molar-refractivity contribution in [2.75, 3.05) is 26.2 Å². The van der Waals surface area contributed by atoms with Crippen molar-refractivity contribution < 1.29 is 13.2 Å². The molecule has 0 radical (unpaired) electrons. The van der Waals surface area contributed by atoms with Crippen LogP contribution in [0.25, 0.3) is 0 Å². The summed E-state index contributed by atoms with van der Waals surface area (Å²) in [7, 11) is -3.51. The second kappa shape index (κ2) is 7.16. The second-order valence-corrected chi connectivity index (χ2v) is 6.50. The number of aryl methyl sites for hydroxylation is 1. The minimum Gasteiger partial charge on any atom is -0.377 e. The number of aromatic nitrogens is 2. The van der Waals surface area contributed by atoms with Crippen LogP contribution in [0.5, 0.6) is 0 Å². The first-order valence-electron chi connectivity index (χ1n) is 6.97. The maximum atomic E-state index is 12.0. The summed E-state index contributed by atoms with van der Waals surface area (Å²) >= 11 is 0. The molecule has 1 fully saturated rings. The molecule has 0 aromatic carbocycles. The predicted molar refractivity (Wildman–Crippen MR) is 75.0 cm³/mol. The van der Waals surface area contributed by atoms with E-state index in [1.54, 1.807) is 0 Å². The maximum absolute atomic E-state index is 12.0. The van der Waals surface area contributed by atoms with Crippen LogP contribution in [0.4, 0.5) is 0 Å². The van der Waals surface area contributed by atoms with Gasteiger partial charge in [-0.2, -0.15) is 0 Å². The molecule has 0 bridgehead atoms. The first kappa shape index (κ1) is 15.4. The topological polar surface area (TPSA) is 96.1 Å². The molecule has 3 N–H and O–H groups in total. The van der Waals surface area contributed by atoms with E-state index in [1.165, 1.54) is 6.20 Å². The average Bonchev–Trinajstić information content (AvgIpc) is 2.95. The Balaban J connectivity index is 1.74. The molecule has 1 aromatic rings. The highest BCUT2D eigenvalue weighted by Crippen LogP contribution is 2.07. The van der Waals surface area contributed by atoms with Crippen molar-refractivity contribution in [3.8, 4) is 0 Å². The van der Waals surface area contributed by atoms with E-state index in [0.717, 1.165) is 25.9 Å². The summed E-state index contributed by atoms with van der Waals surface area (Å²) in [5.74, 6) is 0.663. The number of H-pyrrole nitrogens is 1. The molecule has 2 heterocycles. The van der Waals surface area contributed by atoms with Crippen LogP contribution in [0.15, 0.2) is 11.2 Å². The van der Waals surface area contributed by atoms with Crippen LogP contribution in [-0.4, -0.2) is 50.7 Å². The zero-order valence-corrected chi connectivity index (χ0v) is 12.5. The first-order chi connectivity index (χ1) is 9.62. The van der Waals surface area contributed by atoms with E-state index in [0.29, 0.717) is 18.9 Å². The molecule has 1 aliphatic heterocycles. The highest BCUT2D eigenvalue weighted by Gasteiger charge is 2.17. The van der Waals surface area contributed by atoms with Crippen LogP contribution in [0, 0.1) is 0 Å². The summed E-state index contributed by atoms with van der Waals surface area (Å²) in [6, 6.07) is 0. The summed E-state index contributed by atoms with van der Waals surface area (Å²) in [6.07, 6.45) is 4.21. The highest BCUT2D eigenvalue weighted by molar-refractivity contribution is 7.89. The Morgan fingerprint density at radius 3 is 2.85 bits per heavy atom. The summed E-state index contributed by atoms with van der Waals surface area (Å²) in [5, 5.41) is 3.36. The molecule has 114 valence electrons. The van der Waals surface area contributed by atoms with Gasteiger partial charge in [-0.3, -0.25) is 0 Å². The molecule has 0 spiro atoms. The molecule has 1 aliphatic rings. The molecular weight excluding hydrogens is 280 g/mol. The van der Waals surface area contributed by atoms with Crippen molar-refractivity contribution >= 4 is 10.0 Å². The van der Waals surface area contributed by atoms with Crippen molar-refractivity contribution in [3.05, 3.63) is 12.0 Å². The number of piperidine rings is 1. The third-order valence-corrected chi connectivity index (χ3v) is 4.63. The van der Waals surface area contributed by atoms with Crippen LogP contribution in [0.3, 0.4) is 0 Å². The Kier molecular flexibility index (Phi) is 5.53. The van der Waals surface area contributed by atoms with Crippen molar-refractivity contribution in [3.63, 3.8) is 0 Å². The first-order valence-corrected chi connectivity index (χ1v) is 8.46. The van der Waals surface area contributed by atoms with Crippen LogP contribution >= 0.6 is 0 Å². The van der Waals surface area contributed by atoms with E-state index in [9.17, 15) is 8.42 Å². The second-order valence-electron chi connectivity index (χ2n) is 4.77. The van der Waals surface area contributed by atoms with E-state index in [2.05, 4.69) is 20.0 Å². The average molecular weight is 302 g/mol. The molecule has 1 saturated heterocycles. The molecule has 1 aromatic heterocycles. The Morgan fingerprint density at radius 1 is 1.45 bits per heavy atom. The largest absolute Gasteiger partial charge is 0.377 e. The molecule has 0 unspecified atom stereocenters. The van der Waals surface area contributed by atoms with Crippen LogP contribution in [0.2, 0.25) is 0 Å². The minimum absolute atomic E-state index is 0.108. The Bertz CT molecular complexity index is 509. The molecule has 0 saturated carbocycles. The lowest BCUT2D eigenvalue weighted by Gasteiger charge is -2.22. The monoisotopic (exact) mass is 302 g/mol. The Morgan fingerprint density at radius 2 is 2.20 bits per heavy atom.